The van der Waals surface area contributed by atoms with Gasteiger partial charge in [-0.15, -0.1) is 0 Å². The number of hydrogen-bond donors (Lipinski definition) is 6. The van der Waals surface area contributed by atoms with E-state index < -0.39 is 78.3 Å². The lowest BCUT2D eigenvalue weighted by molar-refractivity contribution is -0.143. The molecule has 6 N–H and O–H groups in total. The fourth-order valence-corrected chi connectivity index (χ4v) is 6.73. The van der Waals surface area contributed by atoms with Gasteiger partial charge in [-0.05, 0) is 63.3 Å². The molecule has 14 nitrogen and oxygen atoms in total. The molecule has 2 aromatic carbocycles. The highest BCUT2D eigenvalue weighted by molar-refractivity contribution is 6.00. The zero-order chi connectivity index (χ0) is 37.7. The van der Waals surface area contributed by atoms with Crippen LogP contribution in [0, 0.1) is 19.8 Å². The smallest absolute Gasteiger partial charge is 0.253 e. The second-order valence-corrected chi connectivity index (χ2v) is 14.1. The molecule has 52 heavy (non-hydrogen) atoms. The summed E-state index contributed by atoms with van der Waals surface area (Å²) in [6.07, 6.45) is 0.0284. The predicted octanol–water partition coefficient (Wildman–Crippen LogP) is 1.32. The van der Waals surface area contributed by atoms with E-state index in [9.17, 15) is 33.9 Å². The SMILES string of the molecule is Cc1ccc2nc(C)c(C(=O)N[C@H]3C[C@H]4C(=O)N[C@@H](C)C(=O)N[C@H](c5ccccc5)CC(=O)N[C@@H](CC(C)C)C(=O)N[C@@H](CO)C(=O)N4C3)cc2c1. The lowest BCUT2D eigenvalue weighted by Gasteiger charge is -2.30. The second kappa shape index (κ2) is 16.3. The van der Waals surface area contributed by atoms with E-state index >= 15 is 0 Å². The topological polar surface area (TPSA) is 199 Å². The summed E-state index contributed by atoms with van der Waals surface area (Å²) in [5, 5.41) is 24.9. The number of benzene rings is 2. The Morgan fingerprint density at radius 1 is 0.923 bits per heavy atom. The first kappa shape index (κ1) is 37.9. The first-order valence-electron chi connectivity index (χ1n) is 17.6. The van der Waals surface area contributed by atoms with Crippen molar-refractivity contribution in [2.45, 2.75) is 90.1 Å². The maximum atomic E-state index is 14.0. The van der Waals surface area contributed by atoms with Crippen LogP contribution in [-0.2, 0) is 24.0 Å². The first-order chi connectivity index (χ1) is 24.7. The highest BCUT2D eigenvalue weighted by atomic mass is 16.3. The summed E-state index contributed by atoms with van der Waals surface area (Å²) in [5.74, 6) is -3.66. The molecule has 0 spiro atoms. The van der Waals surface area contributed by atoms with Crippen molar-refractivity contribution in [3.8, 4) is 0 Å². The van der Waals surface area contributed by atoms with E-state index in [0.717, 1.165) is 16.5 Å². The lowest BCUT2D eigenvalue weighted by atomic mass is 10.00. The van der Waals surface area contributed by atoms with Crippen LogP contribution in [0.3, 0.4) is 0 Å². The fraction of sp³-hybridized carbons (Fsp3) is 0.447. The van der Waals surface area contributed by atoms with Crippen LogP contribution in [0.15, 0.2) is 54.6 Å². The molecule has 276 valence electrons. The molecule has 0 saturated carbocycles. The van der Waals surface area contributed by atoms with E-state index in [4.69, 9.17) is 0 Å². The van der Waals surface area contributed by atoms with Crippen molar-refractivity contribution in [2.24, 2.45) is 5.92 Å². The van der Waals surface area contributed by atoms with Crippen LogP contribution in [0.2, 0.25) is 0 Å². The Bertz CT molecular complexity index is 1850. The maximum absolute atomic E-state index is 14.0. The molecule has 0 unspecified atom stereocenters. The van der Waals surface area contributed by atoms with E-state index in [1.807, 2.05) is 39.0 Å². The molecule has 6 amide bonds. The predicted molar refractivity (Wildman–Crippen MR) is 193 cm³/mol. The third-order valence-corrected chi connectivity index (χ3v) is 9.44. The van der Waals surface area contributed by atoms with Gasteiger partial charge in [-0.3, -0.25) is 33.8 Å². The molecule has 2 aliphatic rings. The zero-order valence-corrected chi connectivity index (χ0v) is 30.1. The molecule has 3 heterocycles. The zero-order valence-electron chi connectivity index (χ0n) is 30.1. The Hall–Kier alpha value is -5.37. The van der Waals surface area contributed by atoms with Crippen molar-refractivity contribution in [1.29, 1.82) is 0 Å². The van der Waals surface area contributed by atoms with Gasteiger partial charge in [-0.1, -0.05) is 55.8 Å². The molecule has 2 fully saturated rings. The van der Waals surface area contributed by atoms with Crippen LogP contribution in [0.5, 0.6) is 0 Å². The van der Waals surface area contributed by atoms with Gasteiger partial charge in [-0.2, -0.15) is 0 Å². The molecular formula is C38H47N7O7. The number of carbonyl (C=O) groups is 6. The minimum Gasteiger partial charge on any atom is -0.394 e. The molecule has 5 rings (SSSR count). The fourth-order valence-electron chi connectivity index (χ4n) is 6.73. The van der Waals surface area contributed by atoms with Crippen LogP contribution in [0.1, 0.15) is 73.3 Å². The van der Waals surface area contributed by atoms with Crippen molar-refractivity contribution in [2.75, 3.05) is 13.2 Å². The van der Waals surface area contributed by atoms with Gasteiger partial charge in [0.2, 0.25) is 29.5 Å². The average molecular weight is 714 g/mol. The van der Waals surface area contributed by atoms with Crippen LogP contribution in [0.4, 0.5) is 0 Å². The van der Waals surface area contributed by atoms with Crippen LogP contribution >= 0.6 is 0 Å². The molecule has 14 heteroatoms. The van der Waals surface area contributed by atoms with Crippen LogP contribution < -0.4 is 26.6 Å². The van der Waals surface area contributed by atoms with Crippen LogP contribution in [-0.4, -0.2) is 93.8 Å². The molecule has 1 aromatic heterocycles. The maximum Gasteiger partial charge on any atom is 0.253 e. The largest absolute Gasteiger partial charge is 0.394 e. The van der Waals surface area contributed by atoms with Crippen LogP contribution in [0.25, 0.3) is 10.9 Å². The van der Waals surface area contributed by atoms with Crippen molar-refractivity contribution in [3.63, 3.8) is 0 Å². The van der Waals surface area contributed by atoms with E-state index in [2.05, 4.69) is 31.6 Å². The monoisotopic (exact) mass is 713 g/mol. The van der Waals surface area contributed by atoms with Gasteiger partial charge in [0.05, 0.1) is 35.8 Å². The number of pyridine rings is 1. The third-order valence-electron chi connectivity index (χ3n) is 9.44. The Morgan fingerprint density at radius 3 is 2.35 bits per heavy atom. The molecule has 0 radical (unpaired) electrons. The number of aromatic nitrogens is 1. The minimum absolute atomic E-state index is 0.00157. The highest BCUT2D eigenvalue weighted by Gasteiger charge is 2.44. The number of aliphatic hydroxyl groups excluding tert-OH is 1. The summed E-state index contributed by atoms with van der Waals surface area (Å²) >= 11 is 0. The summed E-state index contributed by atoms with van der Waals surface area (Å²) < 4.78 is 0. The summed E-state index contributed by atoms with van der Waals surface area (Å²) in [6.45, 7) is 8.01. The Morgan fingerprint density at radius 2 is 1.65 bits per heavy atom. The molecule has 2 saturated heterocycles. The van der Waals surface area contributed by atoms with E-state index in [-0.39, 0.29) is 31.7 Å². The van der Waals surface area contributed by atoms with Crippen molar-refractivity contribution < 1.29 is 33.9 Å². The van der Waals surface area contributed by atoms with Crippen molar-refractivity contribution in [1.82, 2.24) is 36.5 Å². The number of amides is 6. The number of nitrogens with one attached hydrogen (secondary N) is 5. The quantitative estimate of drug-likeness (QED) is 0.220. The number of nitrogens with zero attached hydrogens (tertiary/aromatic N) is 2. The van der Waals surface area contributed by atoms with Gasteiger partial charge in [0.1, 0.15) is 24.2 Å². The molecular weight excluding hydrogens is 666 g/mol. The number of hydrogen-bond acceptors (Lipinski definition) is 8. The first-order valence-corrected chi connectivity index (χ1v) is 17.6. The summed E-state index contributed by atoms with van der Waals surface area (Å²) in [7, 11) is 0. The van der Waals surface area contributed by atoms with E-state index in [1.54, 1.807) is 43.3 Å². The van der Waals surface area contributed by atoms with Crippen molar-refractivity contribution >= 4 is 46.3 Å². The van der Waals surface area contributed by atoms with E-state index in [0.29, 0.717) is 16.8 Å². The molecule has 6 atom stereocenters. The Balaban J connectivity index is 1.44. The van der Waals surface area contributed by atoms with Crippen molar-refractivity contribution in [3.05, 3.63) is 77.0 Å². The van der Waals surface area contributed by atoms with Gasteiger partial charge in [0, 0.05) is 18.0 Å². The average Bonchev–Trinajstić information content (AvgIpc) is 3.53. The third kappa shape index (κ3) is 8.91. The molecule has 0 aliphatic carbocycles. The highest BCUT2D eigenvalue weighted by Crippen LogP contribution is 2.23. The van der Waals surface area contributed by atoms with E-state index in [1.165, 1.54) is 11.8 Å². The number of rotatable bonds is 6. The normalized spacial score (nSPS) is 24.9. The van der Waals surface area contributed by atoms with Gasteiger partial charge in [0.15, 0.2) is 0 Å². The summed E-state index contributed by atoms with van der Waals surface area (Å²) in [4.78, 5) is 87.7. The Kier molecular flexibility index (Phi) is 11.9. The summed E-state index contributed by atoms with van der Waals surface area (Å²) in [6, 6.07) is 10.1. The molecule has 3 aromatic rings. The number of aryl methyl sites for hydroxylation is 2. The minimum atomic E-state index is -1.45. The number of aliphatic hydroxyl groups is 1. The van der Waals surface area contributed by atoms with Gasteiger partial charge < -0.3 is 36.6 Å². The summed E-state index contributed by atoms with van der Waals surface area (Å²) in [5.41, 5.74) is 3.24. The number of fused-ring (bicyclic) bond motifs is 2. The van der Waals surface area contributed by atoms with Gasteiger partial charge in [-0.25, -0.2) is 0 Å². The van der Waals surface area contributed by atoms with Gasteiger partial charge in [0.25, 0.3) is 5.91 Å². The van der Waals surface area contributed by atoms with Gasteiger partial charge >= 0.3 is 0 Å². The second-order valence-electron chi connectivity index (χ2n) is 14.1. The molecule has 0 bridgehead atoms. The number of carbonyl (C=O) groups excluding carboxylic acids is 6. The molecule has 2 aliphatic heterocycles. The standard InChI is InChI=1S/C38H47N7O7/c1-20(2)13-30-36(50)44-31(19-46)38(52)45-18-26(41-35(49)27-15-25-14-21(3)11-12-28(25)39-22(27)4)16-32(45)37(51)40-23(5)34(48)43-29(17-33(47)42-30)24-9-7-6-8-10-24/h6-12,14-15,20,23,26,29-32,46H,13,16-19H2,1-5H3,(H,40,51)(H,41,49)(H,42,47)(H,43,48)(H,44,50)/t23-,26-,29-,30-,31-,32-/m0/s1. The Labute approximate surface area is 302 Å². The lowest BCUT2D eigenvalue weighted by Crippen LogP contribution is -2.59.